The highest BCUT2D eigenvalue weighted by molar-refractivity contribution is 5.93. The Labute approximate surface area is 108 Å². The zero-order valence-corrected chi connectivity index (χ0v) is 11.9. The van der Waals surface area contributed by atoms with Crippen molar-refractivity contribution < 1.29 is 24.1 Å². The molecule has 1 heterocycles. The summed E-state index contributed by atoms with van der Waals surface area (Å²) in [7, 11) is 1.30. The van der Waals surface area contributed by atoms with E-state index in [1.807, 2.05) is 13.8 Å². The number of ether oxygens (including phenoxy) is 3. The standard InChI is InChI=1S/C13H24O5/c1-11(2)7-6-8-17-9-18-12(11,3)10(14)13(4,15)16-5/h15H,6-9H2,1-5H3. The van der Waals surface area contributed by atoms with E-state index in [1.54, 1.807) is 6.92 Å². The molecule has 1 N–H and O–H groups in total. The first-order valence-electron chi connectivity index (χ1n) is 6.21. The maximum absolute atomic E-state index is 12.5. The van der Waals surface area contributed by atoms with Gasteiger partial charge in [0.1, 0.15) is 12.4 Å². The van der Waals surface area contributed by atoms with Crippen molar-refractivity contribution in [3.05, 3.63) is 0 Å². The number of hydrogen-bond donors (Lipinski definition) is 1. The van der Waals surface area contributed by atoms with Crippen molar-refractivity contribution in [2.24, 2.45) is 5.41 Å². The van der Waals surface area contributed by atoms with Gasteiger partial charge in [0.2, 0.25) is 11.6 Å². The van der Waals surface area contributed by atoms with Gasteiger partial charge in [0.15, 0.2) is 0 Å². The summed E-state index contributed by atoms with van der Waals surface area (Å²) in [5.74, 6) is -2.33. The average molecular weight is 260 g/mol. The second-order valence-corrected chi connectivity index (χ2v) is 5.71. The van der Waals surface area contributed by atoms with Gasteiger partial charge in [-0.2, -0.15) is 0 Å². The zero-order valence-electron chi connectivity index (χ0n) is 11.9. The first-order valence-corrected chi connectivity index (χ1v) is 6.21. The molecule has 0 spiro atoms. The van der Waals surface area contributed by atoms with Crippen molar-refractivity contribution in [2.75, 3.05) is 20.5 Å². The molecule has 1 rings (SSSR count). The summed E-state index contributed by atoms with van der Waals surface area (Å²) in [5.41, 5.74) is -1.55. The summed E-state index contributed by atoms with van der Waals surface area (Å²) in [5, 5.41) is 10.0. The number of aliphatic hydroxyl groups is 1. The smallest absolute Gasteiger partial charge is 0.226 e. The van der Waals surface area contributed by atoms with Crippen LogP contribution in [0.5, 0.6) is 0 Å². The summed E-state index contributed by atoms with van der Waals surface area (Å²) in [6, 6.07) is 0. The molecule has 0 amide bonds. The molecule has 0 bridgehead atoms. The number of hydrogen-bond acceptors (Lipinski definition) is 5. The minimum Gasteiger partial charge on any atom is -0.360 e. The van der Waals surface area contributed by atoms with E-state index in [0.717, 1.165) is 12.8 Å². The molecule has 0 aromatic heterocycles. The summed E-state index contributed by atoms with van der Waals surface area (Å²) >= 11 is 0. The SMILES string of the molecule is COC(C)(O)C(=O)C1(C)OCOCCCC1(C)C. The van der Waals surface area contributed by atoms with Gasteiger partial charge in [-0.1, -0.05) is 13.8 Å². The van der Waals surface area contributed by atoms with E-state index in [2.05, 4.69) is 0 Å². The third-order valence-corrected chi connectivity index (χ3v) is 4.06. The maximum Gasteiger partial charge on any atom is 0.226 e. The van der Waals surface area contributed by atoms with Crippen molar-refractivity contribution in [3.63, 3.8) is 0 Å². The molecule has 5 heteroatoms. The van der Waals surface area contributed by atoms with Gasteiger partial charge in [-0.25, -0.2) is 0 Å². The molecule has 1 fully saturated rings. The third kappa shape index (κ3) is 2.74. The van der Waals surface area contributed by atoms with Gasteiger partial charge >= 0.3 is 0 Å². The van der Waals surface area contributed by atoms with Gasteiger partial charge in [-0.05, 0) is 26.7 Å². The molecular weight excluding hydrogens is 236 g/mol. The molecule has 106 valence electrons. The molecule has 0 saturated carbocycles. The predicted octanol–water partition coefficient (Wildman–Crippen LogP) is 1.48. The van der Waals surface area contributed by atoms with E-state index in [0.29, 0.717) is 6.61 Å². The summed E-state index contributed by atoms with van der Waals surface area (Å²) in [6.07, 6.45) is 1.63. The summed E-state index contributed by atoms with van der Waals surface area (Å²) in [4.78, 5) is 12.5. The lowest BCUT2D eigenvalue weighted by Gasteiger charge is -2.46. The lowest BCUT2D eigenvalue weighted by molar-refractivity contribution is -0.236. The highest BCUT2D eigenvalue weighted by Gasteiger charge is 2.54. The van der Waals surface area contributed by atoms with Crippen LogP contribution < -0.4 is 0 Å². The lowest BCUT2D eigenvalue weighted by Crippen LogP contribution is -2.60. The molecule has 1 aliphatic rings. The Morgan fingerprint density at radius 3 is 2.56 bits per heavy atom. The number of ketones is 1. The number of carbonyl (C=O) groups excluding carboxylic acids is 1. The molecule has 0 radical (unpaired) electrons. The molecule has 18 heavy (non-hydrogen) atoms. The third-order valence-electron chi connectivity index (χ3n) is 4.06. The van der Waals surface area contributed by atoms with E-state index >= 15 is 0 Å². The molecule has 0 aromatic rings. The van der Waals surface area contributed by atoms with Gasteiger partial charge < -0.3 is 19.3 Å². The topological polar surface area (TPSA) is 65.0 Å². The largest absolute Gasteiger partial charge is 0.360 e. The molecule has 1 saturated heterocycles. The zero-order chi connectivity index (χ0) is 14.0. The Bertz CT molecular complexity index is 311. The van der Waals surface area contributed by atoms with Crippen LogP contribution in [0.25, 0.3) is 0 Å². The fraction of sp³-hybridized carbons (Fsp3) is 0.923. The van der Waals surface area contributed by atoms with Crippen LogP contribution in [0.15, 0.2) is 0 Å². The van der Waals surface area contributed by atoms with Crippen molar-refractivity contribution in [1.29, 1.82) is 0 Å². The first kappa shape index (κ1) is 15.6. The van der Waals surface area contributed by atoms with Crippen LogP contribution in [0.1, 0.15) is 40.5 Å². The van der Waals surface area contributed by atoms with Crippen molar-refractivity contribution in [3.8, 4) is 0 Å². The van der Waals surface area contributed by atoms with Crippen LogP contribution in [0.2, 0.25) is 0 Å². The second-order valence-electron chi connectivity index (χ2n) is 5.71. The van der Waals surface area contributed by atoms with Crippen LogP contribution in [0.4, 0.5) is 0 Å². The van der Waals surface area contributed by atoms with E-state index in [4.69, 9.17) is 14.2 Å². The van der Waals surface area contributed by atoms with Crippen LogP contribution in [-0.2, 0) is 19.0 Å². The van der Waals surface area contributed by atoms with E-state index < -0.39 is 22.6 Å². The fourth-order valence-electron chi connectivity index (χ4n) is 2.18. The summed E-state index contributed by atoms with van der Waals surface area (Å²) in [6.45, 7) is 7.61. The van der Waals surface area contributed by atoms with Crippen molar-refractivity contribution >= 4 is 5.78 Å². The van der Waals surface area contributed by atoms with Crippen LogP contribution >= 0.6 is 0 Å². The number of Topliss-reactive ketones (excluding diaryl/α,β-unsaturated/α-hetero) is 1. The average Bonchev–Trinajstić information content (AvgIpc) is 2.30. The van der Waals surface area contributed by atoms with Crippen molar-refractivity contribution in [1.82, 2.24) is 0 Å². The number of methoxy groups -OCH3 is 1. The highest BCUT2D eigenvalue weighted by Crippen LogP contribution is 2.42. The number of rotatable bonds is 3. The Morgan fingerprint density at radius 1 is 1.39 bits per heavy atom. The fourth-order valence-corrected chi connectivity index (χ4v) is 2.18. The highest BCUT2D eigenvalue weighted by atomic mass is 16.7. The molecule has 2 atom stereocenters. The van der Waals surface area contributed by atoms with Crippen molar-refractivity contribution in [2.45, 2.75) is 51.9 Å². The van der Waals surface area contributed by atoms with E-state index in [-0.39, 0.29) is 6.79 Å². The Morgan fingerprint density at radius 2 is 2.00 bits per heavy atom. The van der Waals surface area contributed by atoms with Gasteiger partial charge in [0.05, 0.1) is 0 Å². The lowest BCUT2D eigenvalue weighted by atomic mass is 9.69. The monoisotopic (exact) mass is 260 g/mol. The van der Waals surface area contributed by atoms with Gasteiger partial charge in [-0.3, -0.25) is 4.79 Å². The minimum atomic E-state index is -1.86. The normalized spacial score (nSPS) is 32.1. The van der Waals surface area contributed by atoms with Gasteiger partial charge in [-0.15, -0.1) is 0 Å². The van der Waals surface area contributed by atoms with E-state index in [1.165, 1.54) is 14.0 Å². The predicted molar refractivity (Wildman–Crippen MR) is 66.0 cm³/mol. The quantitative estimate of drug-likeness (QED) is 0.779. The Hall–Kier alpha value is -0.490. The molecule has 1 aliphatic heterocycles. The van der Waals surface area contributed by atoms with Gasteiger partial charge in [0, 0.05) is 19.1 Å². The number of carbonyl (C=O) groups is 1. The van der Waals surface area contributed by atoms with Crippen LogP contribution in [-0.4, -0.2) is 42.8 Å². The maximum atomic E-state index is 12.5. The Balaban J connectivity index is 3.07. The van der Waals surface area contributed by atoms with E-state index in [9.17, 15) is 9.90 Å². The molecule has 2 unspecified atom stereocenters. The second kappa shape index (κ2) is 5.25. The Kier molecular flexibility index (Phi) is 4.54. The molecular formula is C13H24O5. The molecule has 5 nitrogen and oxygen atoms in total. The van der Waals surface area contributed by atoms with Crippen LogP contribution in [0, 0.1) is 5.41 Å². The van der Waals surface area contributed by atoms with Gasteiger partial charge in [0.25, 0.3) is 0 Å². The first-order chi connectivity index (χ1) is 8.17. The minimum absolute atomic E-state index is 0.0471. The van der Waals surface area contributed by atoms with Crippen LogP contribution in [0.3, 0.4) is 0 Å². The molecule has 0 aliphatic carbocycles. The summed E-state index contributed by atoms with van der Waals surface area (Å²) < 4.78 is 15.8. The molecule has 0 aromatic carbocycles.